The van der Waals surface area contributed by atoms with E-state index in [4.69, 9.17) is 5.73 Å². The minimum atomic E-state index is -0.655. The van der Waals surface area contributed by atoms with E-state index in [0.717, 1.165) is 5.56 Å². The van der Waals surface area contributed by atoms with Crippen LogP contribution < -0.4 is 11.1 Å². The van der Waals surface area contributed by atoms with E-state index in [2.05, 4.69) is 5.32 Å². The molecule has 0 radical (unpaired) electrons. The van der Waals surface area contributed by atoms with E-state index in [1.54, 1.807) is 19.1 Å². The van der Waals surface area contributed by atoms with E-state index in [9.17, 15) is 9.59 Å². The van der Waals surface area contributed by atoms with Crippen molar-refractivity contribution in [2.75, 3.05) is 0 Å². The van der Waals surface area contributed by atoms with Gasteiger partial charge < -0.3 is 11.1 Å². The molecule has 1 rings (SSSR count). The number of hydrogen-bond donors (Lipinski definition) is 2. The monoisotopic (exact) mass is 206 g/mol. The lowest BCUT2D eigenvalue weighted by Crippen LogP contribution is -2.42. The smallest absolute Gasteiger partial charge is 0.252 e. The highest BCUT2D eigenvalue weighted by molar-refractivity contribution is 5.98. The first-order valence-electron chi connectivity index (χ1n) is 4.68. The van der Waals surface area contributed by atoms with Crippen molar-refractivity contribution >= 4 is 11.8 Å². The number of amides is 2. The number of rotatable bonds is 3. The Kier molecular flexibility index (Phi) is 3.44. The molecule has 80 valence electrons. The summed E-state index contributed by atoms with van der Waals surface area (Å²) in [6.45, 7) is 3.39. The minimum absolute atomic E-state index is 0.278. The van der Waals surface area contributed by atoms with Crippen LogP contribution in [-0.4, -0.2) is 17.9 Å². The zero-order valence-corrected chi connectivity index (χ0v) is 8.78. The van der Waals surface area contributed by atoms with E-state index in [1.165, 1.54) is 0 Å². The Hall–Kier alpha value is -1.84. The molecule has 0 aliphatic rings. The van der Waals surface area contributed by atoms with Crippen molar-refractivity contribution in [3.63, 3.8) is 0 Å². The number of benzene rings is 1. The van der Waals surface area contributed by atoms with Gasteiger partial charge in [0.1, 0.15) is 6.04 Å². The minimum Gasteiger partial charge on any atom is -0.368 e. The van der Waals surface area contributed by atoms with Crippen LogP contribution in [0.15, 0.2) is 24.3 Å². The first-order chi connectivity index (χ1) is 7.02. The second kappa shape index (κ2) is 4.59. The maximum absolute atomic E-state index is 11.7. The summed E-state index contributed by atoms with van der Waals surface area (Å²) >= 11 is 0. The summed E-state index contributed by atoms with van der Waals surface area (Å²) in [6.07, 6.45) is 0. The first kappa shape index (κ1) is 11.2. The summed E-state index contributed by atoms with van der Waals surface area (Å²) in [4.78, 5) is 22.4. The number of carbonyl (C=O) groups excluding carboxylic acids is 2. The van der Waals surface area contributed by atoms with Gasteiger partial charge in [-0.2, -0.15) is 0 Å². The van der Waals surface area contributed by atoms with E-state index in [-0.39, 0.29) is 5.91 Å². The van der Waals surface area contributed by atoms with Gasteiger partial charge in [-0.05, 0) is 25.5 Å². The van der Waals surface area contributed by atoms with Crippen LogP contribution in [0.2, 0.25) is 0 Å². The van der Waals surface area contributed by atoms with Crippen molar-refractivity contribution in [1.29, 1.82) is 0 Å². The van der Waals surface area contributed by atoms with Gasteiger partial charge in [0.05, 0.1) is 0 Å². The molecule has 1 aromatic rings. The largest absolute Gasteiger partial charge is 0.368 e. The van der Waals surface area contributed by atoms with Gasteiger partial charge in [0.25, 0.3) is 5.91 Å². The number of primary amides is 1. The van der Waals surface area contributed by atoms with Gasteiger partial charge in [-0.3, -0.25) is 9.59 Å². The average Bonchev–Trinajstić information content (AvgIpc) is 2.18. The van der Waals surface area contributed by atoms with Crippen molar-refractivity contribution in [3.05, 3.63) is 35.4 Å². The highest BCUT2D eigenvalue weighted by atomic mass is 16.2. The molecule has 0 saturated carbocycles. The number of hydrogen-bond acceptors (Lipinski definition) is 2. The Morgan fingerprint density at radius 3 is 2.47 bits per heavy atom. The van der Waals surface area contributed by atoms with E-state index < -0.39 is 11.9 Å². The van der Waals surface area contributed by atoms with E-state index in [1.807, 2.05) is 19.1 Å². The van der Waals surface area contributed by atoms with Gasteiger partial charge in [-0.15, -0.1) is 0 Å². The molecule has 4 nitrogen and oxygen atoms in total. The van der Waals surface area contributed by atoms with Crippen molar-refractivity contribution in [3.8, 4) is 0 Å². The van der Waals surface area contributed by atoms with Gasteiger partial charge in [0.15, 0.2) is 0 Å². The molecule has 4 heteroatoms. The lowest BCUT2D eigenvalue weighted by Gasteiger charge is -2.11. The summed E-state index contributed by atoms with van der Waals surface area (Å²) < 4.78 is 0. The second-order valence-electron chi connectivity index (χ2n) is 3.41. The van der Waals surface area contributed by atoms with E-state index in [0.29, 0.717) is 5.56 Å². The number of nitrogens with two attached hydrogens (primary N) is 1. The Morgan fingerprint density at radius 2 is 1.93 bits per heavy atom. The number of nitrogens with one attached hydrogen (secondary N) is 1. The highest BCUT2D eigenvalue weighted by Gasteiger charge is 2.14. The van der Waals surface area contributed by atoms with Gasteiger partial charge in [-0.25, -0.2) is 0 Å². The molecule has 0 saturated heterocycles. The van der Waals surface area contributed by atoms with Crippen LogP contribution in [0.3, 0.4) is 0 Å². The van der Waals surface area contributed by atoms with Crippen LogP contribution in [0.25, 0.3) is 0 Å². The zero-order chi connectivity index (χ0) is 11.4. The molecule has 3 N–H and O–H groups in total. The Bertz CT molecular complexity index is 388. The standard InChI is InChI=1S/C11H14N2O2/c1-7-5-3-4-6-9(7)11(15)13-8(2)10(12)14/h3-6,8H,1-2H3,(H2,12,14)(H,13,15)/t8-/m0/s1. The quantitative estimate of drug-likeness (QED) is 0.760. The second-order valence-corrected chi connectivity index (χ2v) is 3.41. The topological polar surface area (TPSA) is 72.2 Å². The Balaban J connectivity index is 2.78. The third-order valence-electron chi connectivity index (χ3n) is 2.16. The third kappa shape index (κ3) is 2.80. The molecule has 0 heterocycles. The SMILES string of the molecule is Cc1ccccc1C(=O)N[C@@H](C)C(N)=O. The molecule has 0 aliphatic heterocycles. The van der Waals surface area contributed by atoms with Crippen LogP contribution in [0.4, 0.5) is 0 Å². The van der Waals surface area contributed by atoms with Crippen LogP contribution >= 0.6 is 0 Å². The third-order valence-corrected chi connectivity index (χ3v) is 2.16. The van der Waals surface area contributed by atoms with Crippen molar-refractivity contribution < 1.29 is 9.59 Å². The van der Waals surface area contributed by atoms with Gasteiger partial charge in [0.2, 0.25) is 5.91 Å². The van der Waals surface area contributed by atoms with Crippen LogP contribution in [0.5, 0.6) is 0 Å². The molecular formula is C11H14N2O2. The van der Waals surface area contributed by atoms with Crippen molar-refractivity contribution in [2.45, 2.75) is 19.9 Å². The predicted octanol–water partition coefficient (Wildman–Crippen LogP) is 0.599. The lowest BCUT2D eigenvalue weighted by atomic mass is 10.1. The predicted molar refractivity (Wildman–Crippen MR) is 57.3 cm³/mol. The molecule has 0 fully saturated rings. The van der Waals surface area contributed by atoms with Crippen molar-refractivity contribution in [2.24, 2.45) is 5.73 Å². The Morgan fingerprint density at radius 1 is 1.33 bits per heavy atom. The Labute approximate surface area is 88.5 Å². The summed E-state index contributed by atoms with van der Waals surface area (Å²) in [7, 11) is 0. The molecule has 0 spiro atoms. The molecule has 1 aromatic carbocycles. The zero-order valence-electron chi connectivity index (χ0n) is 8.78. The van der Waals surface area contributed by atoms with Crippen molar-refractivity contribution in [1.82, 2.24) is 5.32 Å². The van der Waals surface area contributed by atoms with Crippen LogP contribution in [0.1, 0.15) is 22.8 Å². The number of aryl methyl sites for hydroxylation is 1. The lowest BCUT2D eigenvalue weighted by molar-refractivity contribution is -0.119. The maximum Gasteiger partial charge on any atom is 0.252 e. The molecule has 0 bridgehead atoms. The fraction of sp³-hybridized carbons (Fsp3) is 0.273. The fourth-order valence-corrected chi connectivity index (χ4v) is 1.17. The van der Waals surface area contributed by atoms with Crippen LogP contribution in [-0.2, 0) is 4.79 Å². The average molecular weight is 206 g/mol. The summed E-state index contributed by atoms with van der Waals surface area (Å²) in [6, 6.07) is 6.51. The van der Waals surface area contributed by atoms with Gasteiger partial charge in [-0.1, -0.05) is 18.2 Å². The molecule has 0 aromatic heterocycles. The summed E-state index contributed by atoms with van der Waals surface area (Å²) in [5.41, 5.74) is 6.47. The van der Waals surface area contributed by atoms with Crippen LogP contribution in [0, 0.1) is 6.92 Å². The van der Waals surface area contributed by atoms with Gasteiger partial charge in [0, 0.05) is 5.56 Å². The molecule has 0 unspecified atom stereocenters. The fourth-order valence-electron chi connectivity index (χ4n) is 1.17. The maximum atomic E-state index is 11.7. The molecule has 2 amide bonds. The summed E-state index contributed by atoms with van der Waals surface area (Å²) in [5, 5.41) is 2.52. The van der Waals surface area contributed by atoms with Gasteiger partial charge >= 0.3 is 0 Å². The highest BCUT2D eigenvalue weighted by Crippen LogP contribution is 2.06. The molecular weight excluding hydrogens is 192 g/mol. The summed E-state index contributed by atoms with van der Waals surface area (Å²) in [5.74, 6) is -0.823. The number of carbonyl (C=O) groups is 2. The molecule has 15 heavy (non-hydrogen) atoms. The molecule has 0 aliphatic carbocycles. The normalized spacial score (nSPS) is 11.9. The van der Waals surface area contributed by atoms with E-state index >= 15 is 0 Å². The first-order valence-corrected chi connectivity index (χ1v) is 4.68. The molecule has 1 atom stereocenters.